The van der Waals surface area contributed by atoms with Gasteiger partial charge in [-0.25, -0.2) is 18.4 Å². The Hall–Kier alpha value is -5.40. The van der Waals surface area contributed by atoms with E-state index in [1.165, 1.54) is 60.7 Å². The second kappa shape index (κ2) is 20.3. The van der Waals surface area contributed by atoms with E-state index < -0.39 is 11.9 Å². The lowest BCUT2D eigenvalue weighted by molar-refractivity contribution is -0.131. The normalized spacial score (nSPS) is 17.6. The quantitative estimate of drug-likeness (QED) is 0.155. The first-order valence-electron chi connectivity index (χ1n) is 18.6. The molecule has 304 valence electrons. The number of aromatic carboxylic acids is 2. The van der Waals surface area contributed by atoms with Gasteiger partial charge in [0.1, 0.15) is 11.6 Å². The van der Waals surface area contributed by atoms with Gasteiger partial charge in [-0.3, -0.25) is 19.4 Å². The number of halogens is 4. The molecule has 2 N–H and O–H groups in total. The molecule has 2 unspecified atom stereocenters. The summed E-state index contributed by atoms with van der Waals surface area (Å²) < 4.78 is 26.1. The fourth-order valence-electron chi connectivity index (χ4n) is 6.94. The average molecular weight is 834 g/mol. The number of piperazine rings is 2. The highest BCUT2D eigenvalue weighted by Crippen LogP contribution is 2.21. The van der Waals surface area contributed by atoms with Crippen LogP contribution in [0.15, 0.2) is 97.1 Å². The lowest BCUT2D eigenvalue weighted by atomic mass is 10.1. The number of benzene rings is 4. The van der Waals surface area contributed by atoms with Crippen LogP contribution in [0, 0.1) is 11.6 Å². The Labute approximate surface area is 346 Å². The van der Waals surface area contributed by atoms with Crippen molar-refractivity contribution in [3.8, 4) is 0 Å². The lowest BCUT2D eigenvalue weighted by Gasteiger charge is -2.39. The molecule has 0 aliphatic carbocycles. The molecular weight excluding hydrogens is 789 g/mol. The molecule has 2 aliphatic heterocycles. The van der Waals surface area contributed by atoms with Crippen molar-refractivity contribution in [1.29, 1.82) is 0 Å². The van der Waals surface area contributed by atoms with Crippen LogP contribution in [-0.4, -0.2) is 105 Å². The highest BCUT2D eigenvalue weighted by Gasteiger charge is 2.27. The van der Waals surface area contributed by atoms with Gasteiger partial charge < -0.3 is 20.0 Å². The zero-order chi connectivity index (χ0) is 41.9. The number of amides is 2. The predicted molar refractivity (Wildman–Crippen MR) is 221 cm³/mol. The largest absolute Gasteiger partial charge is 0.478 e. The van der Waals surface area contributed by atoms with Gasteiger partial charge >= 0.3 is 11.9 Å². The molecule has 10 nitrogen and oxygen atoms in total. The van der Waals surface area contributed by atoms with Gasteiger partial charge in [0.05, 0.1) is 11.1 Å². The topological polar surface area (TPSA) is 122 Å². The van der Waals surface area contributed by atoms with Crippen LogP contribution in [0.2, 0.25) is 10.0 Å². The van der Waals surface area contributed by atoms with Gasteiger partial charge in [-0.15, -0.1) is 0 Å². The minimum absolute atomic E-state index is 0.00510. The molecule has 4 aromatic carbocycles. The van der Waals surface area contributed by atoms with Crippen molar-refractivity contribution in [2.45, 2.75) is 39.0 Å². The van der Waals surface area contributed by atoms with Gasteiger partial charge in [0, 0.05) is 86.6 Å². The Balaban J connectivity index is 0.000000221. The van der Waals surface area contributed by atoms with Gasteiger partial charge in [-0.05, 0) is 96.8 Å². The van der Waals surface area contributed by atoms with Crippen molar-refractivity contribution in [2.24, 2.45) is 0 Å². The van der Waals surface area contributed by atoms with Crippen LogP contribution in [0.1, 0.15) is 56.8 Å². The summed E-state index contributed by atoms with van der Waals surface area (Å²) in [6, 6.07) is 22.0. The molecule has 4 aromatic rings. The highest BCUT2D eigenvalue weighted by atomic mass is 35.5. The van der Waals surface area contributed by atoms with E-state index in [0.717, 1.165) is 11.1 Å². The van der Waals surface area contributed by atoms with Crippen molar-refractivity contribution in [2.75, 3.05) is 39.3 Å². The molecule has 0 aromatic heterocycles. The fraction of sp³-hybridized carbons (Fsp3) is 0.273. The Morgan fingerprint density at radius 3 is 1.29 bits per heavy atom. The summed E-state index contributed by atoms with van der Waals surface area (Å²) in [5.74, 6) is -3.02. The third-order valence-corrected chi connectivity index (χ3v) is 10.4. The molecule has 0 radical (unpaired) electrons. The molecule has 0 bridgehead atoms. The summed E-state index contributed by atoms with van der Waals surface area (Å²) in [6.45, 7) is 9.34. The van der Waals surface area contributed by atoms with Crippen LogP contribution >= 0.6 is 23.2 Å². The molecule has 6 rings (SSSR count). The van der Waals surface area contributed by atoms with E-state index in [2.05, 4.69) is 9.80 Å². The van der Waals surface area contributed by atoms with Crippen LogP contribution in [0.25, 0.3) is 12.2 Å². The van der Waals surface area contributed by atoms with E-state index >= 15 is 0 Å². The van der Waals surface area contributed by atoms with Crippen molar-refractivity contribution in [3.63, 3.8) is 0 Å². The zero-order valence-electron chi connectivity index (χ0n) is 32.0. The number of carboxylic acid groups (broad SMARTS) is 2. The van der Waals surface area contributed by atoms with E-state index in [-0.39, 0.29) is 46.7 Å². The van der Waals surface area contributed by atoms with Gasteiger partial charge in [0.15, 0.2) is 0 Å². The molecule has 2 heterocycles. The van der Waals surface area contributed by atoms with E-state index in [4.69, 9.17) is 23.2 Å². The summed E-state index contributed by atoms with van der Waals surface area (Å²) in [6.07, 6.45) is 5.84. The van der Waals surface area contributed by atoms with E-state index in [0.29, 0.717) is 73.5 Å². The maximum Gasteiger partial charge on any atom is 0.336 e. The van der Waals surface area contributed by atoms with Gasteiger partial charge in [0.25, 0.3) is 0 Å². The molecule has 14 heteroatoms. The Bertz CT molecular complexity index is 2010. The minimum atomic E-state index is -1.10. The maximum absolute atomic E-state index is 13.0. The average Bonchev–Trinajstić information content (AvgIpc) is 3.18. The number of rotatable bonds is 10. The Kier molecular flexibility index (Phi) is 15.3. The monoisotopic (exact) mass is 832 g/mol. The molecule has 2 fully saturated rings. The molecular formula is C44H44Cl2F2N4O6. The van der Waals surface area contributed by atoms with E-state index in [9.17, 15) is 38.2 Å². The number of hydrogen-bond acceptors (Lipinski definition) is 6. The Morgan fingerprint density at radius 1 is 0.603 bits per heavy atom. The van der Waals surface area contributed by atoms with Crippen molar-refractivity contribution < 1.29 is 38.2 Å². The van der Waals surface area contributed by atoms with Gasteiger partial charge in [-0.1, -0.05) is 59.6 Å². The van der Waals surface area contributed by atoms with Crippen LogP contribution in [-0.2, 0) is 22.7 Å². The van der Waals surface area contributed by atoms with Crippen LogP contribution in [0.3, 0.4) is 0 Å². The number of hydrogen-bond donors (Lipinski definition) is 2. The van der Waals surface area contributed by atoms with Crippen LogP contribution in [0.5, 0.6) is 0 Å². The second-order valence-electron chi connectivity index (χ2n) is 14.2. The summed E-state index contributed by atoms with van der Waals surface area (Å²) in [7, 11) is 0. The fourth-order valence-corrected chi connectivity index (χ4v) is 7.28. The molecule has 0 spiro atoms. The van der Waals surface area contributed by atoms with Gasteiger partial charge in [0.2, 0.25) is 11.8 Å². The number of carbonyl (C=O) groups excluding carboxylic acids is 2. The van der Waals surface area contributed by atoms with Crippen LogP contribution in [0.4, 0.5) is 8.78 Å². The number of carbonyl (C=O) groups is 4. The first kappa shape index (κ1) is 43.7. The molecule has 2 amide bonds. The highest BCUT2D eigenvalue weighted by molar-refractivity contribution is 6.31. The third-order valence-electron chi connectivity index (χ3n) is 9.93. The summed E-state index contributed by atoms with van der Waals surface area (Å²) >= 11 is 11.7. The van der Waals surface area contributed by atoms with E-state index in [1.54, 1.807) is 58.3 Å². The standard InChI is InChI=1S/2C22H22ClFN2O3/c2*1-15-13-25(14-16-2-7-19(24)8-3-16)10-11-26(15)21(27)9-5-17-4-6-18(23)12-20(17)22(28)29/h2*2-9,12,15H,10-11,13-14H2,1H3,(H,28,29)/b2*9-5+. The van der Waals surface area contributed by atoms with Gasteiger partial charge in [-0.2, -0.15) is 0 Å². The first-order valence-corrected chi connectivity index (χ1v) is 19.4. The molecule has 2 aliphatic rings. The molecule has 58 heavy (non-hydrogen) atoms. The van der Waals surface area contributed by atoms with Crippen molar-refractivity contribution >= 4 is 59.1 Å². The minimum Gasteiger partial charge on any atom is -0.478 e. The predicted octanol–water partition coefficient (Wildman–Crippen LogP) is 7.85. The molecule has 2 atom stereocenters. The molecule has 0 saturated carbocycles. The van der Waals surface area contributed by atoms with Crippen LogP contribution < -0.4 is 0 Å². The summed E-state index contributed by atoms with van der Waals surface area (Å²) in [5, 5.41) is 19.3. The number of nitrogens with zero attached hydrogens (tertiary/aromatic N) is 4. The Morgan fingerprint density at radius 2 is 0.966 bits per heavy atom. The zero-order valence-corrected chi connectivity index (χ0v) is 33.5. The van der Waals surface area contributed by atoms with Crippen molar-refractivity contribution in [3.05, 3.63) is 152 Å². The summed E-state index contributed by atoms with van der Waals surface area (Å²) in [4.78, 5) is 56.0. The smallest absolute Gasteiger partial charge is 0.336 e. The SMILES string of the molecule is CC1CN(Cc2ccc(F)cc2)CCN1C(=O)/C=C/c1ccc(Cl)cc1C(=O)O.CC1CN(Cc2ccc(F)cc2)CCN1C(=O)/C=C/c1ccc(Cl)cc1C(=O)O. The van der Waals surface area contributed by atoms with E-state index in [1.807, 2.05) is 13.8 Å². The summed E-state index contributed by atoms with van der Waals surface area (Å²) in [5.41, 5.74) is 3.03. The maximum atomic E-state index is 13.0. The lowest BCUT2D eigenvalue weighted by Crippen LogP contribution is -2.53. The third kappa shape index (κ3) is 12.3. The first-order chi connectivity index (χ1) is 27.7. The van der Waals surface area contributed by atoms with Crippen molar-refractivity contribution in [1.82, 2.24) is 19.6 Å². The molecule has 2 saturated heterocycles. The second-order valence-corrected chi connectivity index (χ2v) is 15.1. The number of carboxylic acids is 2.